The Labute approximate surface area is 152 Å². The van der Waals surface area contributed by atoms with Gasteiger partial charge in [0.25, 0.3) is 5.91 Å². The molecule has 0 saturated heterocycles. The molecule has 4 rings (SSSR count). The van der Waals surface area contributed by atoms with Crippen LogP contribution in [0.2, 0.25) is 0 Å². The maximum absolute atomic E-state index is 12.9. The van der Waals surface area contributed by atoms with Crippen molar-refractivity contribution in [2.45, 2.75) is 58.0 Å². The Morgan fingerprint density at radius 3 is 2.80 bits per heavy atom. The maximum Gasteiger partial charge on any atom is 0.275 e. The molecule has 25 heavy (non-hydrogen) atoms. The second-order valence-electron chi connectivity index (χ2n) is 8.14. The number of fused-ring (bicyclic) bond motifs is 1. The van der Waals surface area contributed by atoms with E-state index in [0.717, 1.165) is 30.9 Å². The smallest absolute Gasteiger partial charge is 0.275 e. The zero-order valence-corrected chi connectivity index (χ0v) is 16.1. The minimum atomic E-state index is -0.232. The van der Waals surface area contributed by atoms with Crippen LogP contribution < -0.4 is 5.32 Å². The van der Waals surface area contributed by atoms with Crippen molar-refractivity contribution in [2.24, 2.45) is 0 Å². The van der Waals surface area contributed by atoms with Crippen LogP contribution in [0.25, 0.3) is 0 Å². The summed E-state index contributed by atoms with van der Waals surface area (Å²) in [5.74, 6) is 0.409. The van der Waals surface area contributed by atoms with E-state index < -0.39 is 0 Å². The predicted molar refractivity (Wildman–Crippen MR) is 99.3 cm³/mol. The number of carbonyl (C=O) groups is 1. The van der Waals surface area contributed by atoms with E-state index in [1.165, 1.54) is 17.7 Å². The monoisotopic (exact) mass is 359 g/mol. The fourth-order valence-corrected chi connectivity index (χ4v) is 4.27. The van der Waals surface area contributed by atoms with Crippen molar-refractivity contribution in [3.05, 3.63) is 28.0 Å². The first-order valence-electron chi connectivity index (χ1n) is 8.90. The molecule has 0 radical (unpaired) electrons. The summed E-state index contributed by atoms with van der Waals surface area (Å²) < 4.78 is 1.86. The average molecular weight is 359 g/mol. The molecule has 2 aromatic heterocycles. The van der Waals surface area contributed by atoms with Gasteiger partial charge in [-0.05, 0) is 46.7 Å². The van der Waals surface area contributed by atoms with E-state index in [4.69, 9.17) is 5.10 Å². The molecule has 1 amide bonds. The van der Waals surface area contributed by atoms with Crippen molar-refractivity contribution < 1.29 is 4.79 Å². The number of thiazole rings is 1. The van der Waals surface area contributed by atoms with Crippen LogP contribution in [-0.2, 0) is 18.5 Å². The maximum atomic E-state index is 12.9. The molecule has 6 nitrogen and oxygen atoms in total. The van der Waals surface area contributed by atoms with Gasteiger partial charge in [-0.25, -0.2) is 4.98 Å². The van der Waals surface area contributed by atoms with Crippen molar-refractivity contribution in [1.29, 1.82) is 0 Å². The molecule has 2 aliphatic rings. The van der Waals surface area contributed by atoms with Crippen LogP contribution in [0.4, 0.5) is 5.13 Å². The minimum absolute atomic E-state index is 0.117. The Hall–Kier alpha value is -1.73. The molecule has 1 fully saturated rings. The van der Waals surface area contributed by atoms with Gasteiger partial charge in [-0.3, -0.25) is 14.8 Å². The third-order valence-electron chi connectivity index (χ3n) is 4.73. The molecule has 1 saturated carbocycles. The van der Waals surface area contributed by atoms with Gasteiger partial charge in [0.15, 0.2) is 5.13 Å². The molecule has 0 spiro atoms. The second-order valence-corrected chi connectivity index (χ2v) is 9.23. The Balaban J connectivity index is 1.59. The number of amides is 1. The number of anilines is 1. The van der Waals surface area contributed by atoms with E-state index in [1.807, 2.05) is 10.7 Å². The summed E-state index contributed by atoms with van der Waals surface area (Å²) in [6, 6.07) is 1.96. The molecule has 0 bridgehead atoms. The van der Waals surface area contributed by atoms with Crippen molar-refractivity contribution in [2.75, 3.05) is 18.9 Å². The number of likely N-dealkylation sites (N-methyl/N-ethyl adjacent to an activating group) is 1. The Bertz CT molecular complexity index is 812. The van der Waals surface area contributed by atoms with Gasteiger partial charge in [0.2, 0.25) is 0 Å². The normalized spacial score (nSPS) is 18.2. The lowest BCUT2D eigenvalue weighted by Crippen LogP contribution is -2.29. The minimum Gasteiger partial charge on any atom is -0.301 e. The number of aromatic nitrogens is 3. The van der Waals surface area contributed by atoms with Crippen LogP contribution in [0.1, 0.15) is 66.3 Å². The highest BCUT2D eigenvalue weighted by molar-refractivity contribution is 7.15. The molecule has 1 N–H and O–H groups in total. The Morgan fingerprint density at radius 1 is 1.36 bits per heavy atom. The van der Waals surface area contributed by atoms with Gasteiger partial charge in [-0.2, -0.15) is 5.10 Å². The highest BCUT2D eigenvalue weighted by atomic mass is 32.1. The second kappa shape index (κ2) is 5.92. The number of carbonyl (C=O) groups excluding carboxylic acids is 1. The summed E-state index contributed by atoms with van der Waals surface area (Å²) in [7, 11) is 2.11. The number of rotatable bonds is 3. The zero-order valence-electron chi connectivity index (χ0n) is 15.3. The SMILES string of the molecule is CN1CCc2nc(NC(=O)c3cc(C4CC4)nn3C(C)(C)C)sc2C1. The quantitative estimate of drug-likeness (QED) is 0.914. The van der Waals surface area contributed by atoms with Crippen LogP contribution in [0.5, 0.6) is 0 Å². The molecular formula is C18H25N5OS. The summed E-state index contributed by atoms with van der Waals surface area (Å²) in [5, 5.41) is 8.41. The van der Waals surface area contributed by atoms with Crippen molar-refractivity contribution in [1.82, 2.24) is 19.7 Å². The summed E-state index contributed by atoms with van der Waals surface area (Å²) >= 11 is 1.59. The van der Waals surface area contributed by atoms with Gasteiger partial charge in [-0.15, -0.1) is 11.3 Å². The van der Waals surface area contributed by atoms with Crippen molar-refractivity contribution >= 4 is 22.4 Å². The molecule has 3 heterocycles. The molecule has 0 aromatic carbocycles. The van der Waals surface area contributed by atoms with Gasteiger partial charge in [-0.1, -0.05) is 0 Å². The molecule has 1 aliphatic carbocycles. The molecule has 0 unspecified atom stereocenters. The standard InChI is InChI=1S/C18H25N5OS/c1-18(2,3)23-14(9-13(21-23)11-5-6-11)16(24)20-17-19-12-7-8-22(4)10-15(12)25-17/h9,11H,5-8,10H2,1-4H3,(H,19,20,24). The van der Waals surface area contributed by atoms with E-state index in [9.17, 15) is 4.79 Å². The Kier molecular flexibility index (Phi) is 3.96. The van der Waals surface area contributed by atoms with E-state index in [1.54, 1.807) is 11.3 Å². The first kappa shape index (κ1) is 16.7. The van der Waals surface area contributed by atoms with Gasteiger partial charge in [0.05, 0.1) is 16.9 Å². The lowest BCUT2D eigenvalue weighted by atomic mass is 10.1. The van der Waals surface area contributed by atoms with Gasteiger partial charge in [0, 0.05) is 30.3 Å². The third-order valence-corrected chi connectivity index (χ3v) is 5.73. The van der Waals surface area contributed by atoms with Gasteiger partial charge < -0.3 is 4.90 Å². The summed E-state index contributed by atoms with van der Waals surface area (Å²) in [5.41, 5.74) is 2.56. The third kappa shape index (κ3) is 3.35. The molecule has 1 aliphatic heterocycles. The van der Waals surface area contributed by atoms with Crippen LogP contribution >= 0.6 is 11.3 Å². The van der Waals surface area contributed by atoms with E-state index in [2.05, 4.69) is 43.0 Å². The predicted octanol–water partition coefficient (Wildman–Crippen LogP) is 3.21. The van der Waals surface area contributed by atoms with Crippen LogP contribution in [0.15, 0.2) is 6.07 Å². The average Bonchev–Trinajstić information content (AvgIpc) is 3.13. The van der Waals surface area contributed by atoms with E-state index in [-0.39, 0.29) is 11.4 Å². The molecule has 134 valence electrons. The number of nitrogens with one attached hydrogen (secondary N) is 1. The fourth-order valence-electron chi connectivity index (χ4n) is 3.19. The zero-order chi connectivity index (χ0) is 17.8. The van der Waals surface area contributed by atoms with Crippen LogP contribution in [-0.4, -0.2) is 39.2 Å². The van der Waals surface area contributed by atoms with Gasteiger partial charge in [0.1, 0.15) is 5.69 Å². The first-order chi connectivity index (χ1) is 11.8. The largest absolute Gasteiger partial charge is 0.301 e. The van der Waals surface area contributed by atoms with Crippen molar-refractivity contribution in [3.8, 4) is 0 Å². The van der Waals surface area contributed by atoms with E-state index >= 15 is 0 Å². The highest BCUT2D eigenvalue weighted by Crippen LogP contribution is 2.40. The highest BCUT2D eigenvalue weighted by Gasteiger charge is 2.31. The summed E-state index contributed by atoms with van der Waals surface area (Å²) in [6.07, 6.45) is 3.30. The lowest BCUT2D eigenvalue weighted by molar-refractivity contribution is 0.100. The molecule has 7 heteroatoms. The molecular weight excluding hydrogens is 334 g/mol. The van der Waals surface area contributed by atoms with Gasteiger partial charge >= 0.3 is 0 Å². The number of hydrogen-bond acceptors (Lipinski definition) is 5. The van der Waals surface area contributed by atoms with E-state index in [0.29, 0.717) is 16.7 Å². The van der Waals surface area contributed by atoms with Crippen molar-refractivity contribution in [3.63, 3.8) is 0 Å². The Morgan fingerprint density at radius 2 is 2.12 bits per heavy atom. The first-order valence-corrected chi connectivity index (χ1v) is 9.72. The van der Waals surface area contributed by atoms with Crippen LogP contribution in [0.3, 0.4) is 0 Å². The number of hydrogen-bond donors (Lipinski definition) is 1. The molecule has 2 aromatic rings. The summed E-state index contributed by atoms with van der Waals surface area (Å²) in [4.78, 5) is 21.1. The number of nitrogens with zero attached hydrogens (tertiary/aromatic N) is 4. The molecule has 0 atom stereocenters. The fraction of sp³-hybridized carbons (Fsp3) is 0.611. The summed E-state index contributed by atoms with van der Waals surface area (Å²) in [6.45, 7) is 8.16. The van der Waals surface area contributed by atoms with Crippen LogP contribution in [0, 0.1) is 0 Å². The lowest BCUT2D eigenvalue weighted by Gasteiger charge is -2.21. The topological polar surface area (TPSA) is 63.1 Å².